The van der Waals surface area contributed by atoms with Gasteiger partial charge in [0.1, 0.15) is 5.82 Å². The van der Waals surface area contributed by atoms with Crippen LogP contribution in [0.2, 0.25) is 0 Å². The SMILES string of the molecule is Nc1ccc(=O)n(CCCN2CCc3ccc(F)cc32)c1. The monoisotopic (exact) mass is 287 g/mol. The first kappa shape index (κ1) is 13.7. The van der Waals surface area contributed by atoms with Gasteiger partial charge in [-0.25, -0.2) is 4.39 Å². The van der Waals surface area contributed by atoms with Gasteiger partial charge in [0.2, 0.25) is 0 Å². The van der Waals surface area contributed by atoms with Gasteiger partial charge in [-0.3, -0.25) is 4.79 Å². The number of aryl methyl sites for hydroxylation is 1. The molecule has 0 radical (unpaired) electrons. The molecular weight excluding hydrogens is 269 g/mol. The summed E-state index contributed by atoms with van der Waals surface area (Å²) >= 11 is 0. The summed E-state index contributed by atoms with van der Waals surface area (Å²) in [5.74, 6) is -0.201. The van der Waals surface area contributed by atoms with E-state index in [-0.39, 0.29) is 11.4 Å². The van der Waals surface area contributed by atoms with Gasteiger partial charge in [-0.1, -0.05) is 6.07 Å². The Morgan fingerprint density at radius 3 is 2.90 bits per heavy atom. The van der Waals surface area contributed by atoms with Gasteiger partial charge in [0.25, 0.3) is 5.56 Å². The number of rotatable bonds is 4. The lowest BCUT2D eigenvalue weighted by Gasteiger charge is -2.19. The van der Waals surface area contributed by atoms with Gasteiger partial charge in [-0.05, 0) is 36.6 Å². The van der Waals surface area contributed by atoms with Crippen LogP contribution in [-0.2, 0) is 13.0 Å². The predicted octanol–water partition coefficient (Wildman–Crippen LogP) is 2.02. The summed E-state index contributed by atoms with van der Waals surface area (Å²) in [5.41, 5.74) is 8.40. The van der Waals surface area contributed by atoms with Crippen LogP contribution in [0, 0.1) is 5.82 Å². The number of nitrogen functional groups attached to an aromatic ring is 1. The normalized spacial score (nSPS) is 13.5. The number of hydrogen-bond acceptors (Lipinski definition) is 3. The Balaban J connectivity index is 1.64. The number of benzene rings is 1. The molecule has 3 rings (SSSR count). The summed E-state index contributed by atoms with van der Waals surface area (Å²) in [6.07, 6.45) is 3.44. The van der Waals surface area contributed by atoms with E-state index in [1.807, 2.05) is 6.07 Å². The fourth-order valence-corrected chi connectivity index (χ4v) is 2.81. The van der Waals surface area contributed by atoms with Crippen molar-refractivity contribution in [3.8, 4) is 0 Å². The summed E-state index contributed by atoms with van der Waals surface area (Å²) in [4.78, 5) is 13.9. The predicted molar refractivity (Wildman–Crippen MR) is 82.0 cm³/mol. The molecule has 110 valence electrons. The minimum absolute atomic E-state index is 0.0444. The van der Waals surface area contributed by atoms with Gasteiger partial charge < -0.3 is 15.2 Å². The number of halogens is 1. The fourth-order valence-electron chi connectivity index (χ4n) is 2.81. The second-order valence-electron chi connectivity index (χ2n) is 5.36. The van der Waals surface area contributed by atoms with Crippen molar-refractivity contribution in [3.63, 3.8) is 0 Å². The summed E-state index contributed by atoms with van der Waals surface area (Å²) in [5, 5.41) is 0. The molecule has 2 heterocycles. The van der Waals surface area contributed by atoms with E-state index in [0.717, 1.165) is 31.6 Å². The molecule has 0 spiro atoms. The summed E-state index contributed by atoms with van der Waals surface area (Å²) in [6, 6.07) is 8.05. The van der Waals surface area contributed by atoms with Gasteiger partial charge in [0, 0.05) is 43.3 Å². The second kappa shape index (κ2) is 5.60. The molecule has 0 unspecified atom stereocenters. The van der Waals surface area contributed by atoms with Crippen molar-refractivity contribution in [2.45, 2.75) is 19.4 Å². The van der Waals surface area contributed by atoms with Crippen LogP contribution in [0.25, 0.3) is 0 Å². The third-order valence-corrected chi connectivity index (χ3v) is 3.87. The molecular formula is C16H18FN3O. The maximum absolute atomic E-state index is 13.3. The molecule has 0 aliphatic carbocycles. The molecule has 0 atom stereocenters. The van der Waals surface area contributed by atoms with Crippen molar-refractivity contribution >= 4 is 11.4 Å². The Morgan fingerprint density at radius 1 is 1.19 bits per heavy atom. The highest BCUT2D eigenvalue weighted by molar-refractivity contribution is 5.58. The van der Waals surface area contributed by atoms with Gasteiger partial charge in [-0.2, -0.15) is 0 Å². The number of nitrogens with zero attached hydrogens (tertiary/aromatic N) is 2. The first-order valence-electron chi connectivity index (χ1n) is 7.13. The first-order chi connectivity index (χ1) is 10.1. The van der Waals surface area contributed by atoms with Crippen LogP contribution in [0.1, 0.15) is 12.0 Å². The zero-order valence-corrected chi connectivity index (χ0v) is 11.8. The van der Waals surface area contributed by atoms with Crippen molar-refractivity contribution in [2.24, 2.45) is 0 Å². The maximum Gasteiger partial charge on any atom is 0.250 e. The molecule has 0 bridgehead atoms. The van der Waals surface area contributed by atoms with E-state index in [4.69, 9.17) is 5.73 Å². The Bertz CT molecular complexity index is 711. The van der Waals surface area contributed by atoms with E-state index in [1.54, 1.807) is 22.9 Å². The van der Waals surface area contributed by atoms with E-state index in [9.17, 15) is 9.18 Å². The summed E-state index contributed by atoms with van der Waals surface area (Å²) in [6.45, 7) is 2.33. The maximum atomic E-state index is 13.3. The van der Waals surface area contributed by atoms with E-state index >= 15 is 0 Å². The first-order valence-corrected chi connectivity index (χ1v) is 7.13. The average Bonchev–Trinajstić information content (AvgIpc) is 2.85. The lowest BCUT2D eigenvalue weighted by atomic mass is 10.2. The highest BCUT2D eigenvalue weighted by Gasteiger charge is 2.18. The highest BCUT2D eigenvalue weighted by Crippen LogP contribution is 2.28. The third kappa shape index (κ3) is 2.91. The van der Waals surface area contributed by atoms with E-state index < -0.39 is 0 Å². The number of anilines is 2. The van der Waals surface area contributed by atoms with E-state index in [2.05, 4.69) is 4.90 Å². The minimum atomic E-state index is -0.201. The summed E-state index contributed by atoms with van der Waals surface area (Å²) in [7, 11) is 0. The smallest absolute Gasteiger partial charge is 0.250 e. The van der Waals surface area contributed by atoms with Crippen molar-refractivity contribution in [1.82, 2.24) is 4.57 Å². The standard InChI is InChI=1S/C16H18FN3O/c17-13-3-2-12-6-9-19(15(12)10-13)7-1-8-20-11-14(18)4-5-16(20)21/h2-5,10-11H,1,6-9,18H2. The molecule has 0 saturated heterocycles. The fraction of sp³-hybridized carbons (Fsp3) is 0.312. The van der Waals surface area contributed by atoms with Crippen LogP contribution >= 0.6 is 0 Å². The Kier molecular flexibility index (Phi) is 3.64. The Morgan fingerprint density at radius 2 is 2.05 bits per heavy atom. The van der Waals surface area contributed by atoms with Crippen molar-refractivity contribution < 1.29 is 4.39 Å². The van der Waals surface area contributed by atoms with Gasteiger partial charge >= 0.3 is 0 Å². The Labute approximate surface area is 122 Å². The summed E-state index contributed by atoms with van der Waals surface area (Å²) < 4.78 is 15.0. The van der Waals surface area contributed by atoms with Crippen LogP contribution < -0.4 is 16.2 Å². The number of nitrogens with two attached hydrogens (primary N) is 1. The van der Waals surface area contributed by atoms with Gasteiger partial charge in [0.05, 0.1) is 0 Å². The molecule has 0 amide bonds. The van der Waals surface area contributed by atoms with Crippen LogP contribution in [0.5, 0.6) is 0 Å². The largest absolute Gasteiger partial charge is 0.398 e. The topological polar surface area (TPSA) is 51.3 Å². The number of hydrogen-bond donors (Lipinski definition) is 1. The lowest BCUT2D eigenvalue weighted by Crippen LogP contribution is -2.25. The minimum Gasteiger partial charge on any atom is -0.398 e. The average molecular weight is 287 g/mol. The lowest BCUT2D eigenvalue weighted by molar-refractivity contribution is 0.610. The zero-order chi connectivity index (χ0) is 14.8. The van der Waals surface area contributed by atoms with E-state index in [0.29, 0.717) is 12.2 Å². The molecule has 1 aromatic heterocycles. The van der Waals surface area contributed by atoms with Gasteiger partial charge in [0.15, 0.2) is 0 Å². The quantitative estimate of drug-likeness (QED) is 0.936. The number of pyridine rings is 1. The second-order valence-corrected chi connectivity index (χ2v) is 5.36. The molecule has 5 heteroatoms. The third-order valence-electron chi connectivity index (χ3n) is 3.87. The van der Waals surface area contributed by atoms with Crippen LogP contribution in [0.4, 0.5) is 15.8 Å². The highest BCUT2D eigenvalue weighted by atomic mass is 19.1. The van der Waals surface area contributed by atoms with Crippen LogP contribution in [0.3, 0.4) is 0 Å². The molecule has 1 aromatic carbocycles. The molecule has 2 N–H and O–H groups in total. The zero-order valence-electron chi connectivity index (χ0n) is 11.8. The van der Waals surface area contributed by atoms with Crippen molar-refractivity contribution in [2.75, 3.05) is 23.7 Å². The molecule has 0 saturated carbocycles. The van der Waals surface area contributed by atoms with Gasteiger partial charge in [-0.15, -0.1) is 0 Å². The molecule has 1 aliphatic heterocycles. The van der Waals surface area contributed by atoms with Crippen molar-refractivity contribution in [3.05, 3.63) is 58.3 Å². The Hall–Kier alpha value is -2.30. The van der Waals surface area contributed by atoms with E-state index in [1.165, 1.54) is 17.7 Å². The molecule has 1 aliphatic rings. The van der Waals surface area contributed by atoms with Crippen LogP contribution in [0.15, 0.2) is 41.3 Å². The molecule has 2 aromatic rings. The van der Waals surface area contributed by atoms with Crippen molar-refractivity contribution in [1.29, 1.82) is 0 Å². The molecule has 4 nitrogen and oxygen atoms in total. The number of aromatic nitrogens is 1. The molecule has 21 heavy (non-hydrogen) atoms. The molecule has 0 fully saturated rings. The number of fused-ring (bicyclic) bond motifs is 1. The van der Waals surface area contributed by atoms with Crippen LogP contribution in [-0.4, -0.2) is 17.7 Å².